The van der Waals surface area contributed by atoms with Gasteiger partial charge in [0, 0.05) is 30.7 Å². The Labute approximate surface area is 112 Å². The predicted molar refractivity (Wildman–Crippen MR) is 74.8 cm³/mol. The van der Waals surface area contributed by atoms with Crippen molar-refractivity contribution >= 4 is 0 Å². The first-order chi connectivity index (χ1) is 8.36. The Balaban J connectivity index is 2.46. The number of aliphatic hydroxyl groups is 1. The minimum absolute atomic E-state index is 0.180. The van der Waals surface area contributed by atoms with Crippen LogP contribution in [0.15, 0.2) is 0 Å². The largest absolute Gasteiger partial charge is 0.394 e. The van der Waals surface area contributed by atoms with Gasteiger partial charge in [-0.1, -0.05) is 13.8 Å². The second-order valence-electron chi connectivity index (χ2n) is 6.26. The summed E-state index contributed by atoms with van der Waals surface area (Å²) in [6, 6.07) is 0.867. The normalized spacial score (nSPS) is 29.5. The van der Waals surface area contributed by atoms with E-state index in [0.29, 0.717) is 18.2 Å². The fraction of sp³-hybridized carbons (Fsp3) is 1.00. The highest BCUT2D eigenvalue weighted by Gasteiger charge is 2.28. The highest BCUT2D eigenvalue weighted by molar-refractivity contribution is 4.86. The summed E-state index contributed by atoms with van der Waals surface area (Å²) in [6.07, 6.45) is 1.28. The van der Waals surface area contributed by atoms with E-state index in [0.717, 1.165) is 26.1 Å². The fourth-order valence-corrected chi connectivity index (χ4v) is 2.57. The van der Waals surface area contributed by atoms with Gasteiger partial charge in [0.15, 0.2) is 0 Å². The third kappa shape index (κ3) is 4.84. The SMILES string of the molecule is CC(C)NC(C)(CO)CCN1CC(C)OCC1C. The highest BCUT2D eigenvalue weighted by Crippen LogP contribution is 2.16. The molecule has 0 amide bonds. The average molecular weight is 258 g/mol. The molecule has 0 aliphatic carbocycles. The van der Waals surface area contributed by atoms with Crippen LogP contribution in [0.1, 0.15) is 41.0 Å². The second kappa shape index (κ2) is 6.85. The molecule has 0 spiro atoms. The molecule has 2 N–H and O–H groups in total. The maximum Gasteiger partial charge on any atom is 0.0674 e. The smallest absolute Gasteiger partial charge is 0.0674 e. The first kappa shape index (κ1) is 15.9. The number of aliphatic hydroxyl groups excluding tert-OH is 1. The zero-order valence-corrected chi connectivity index (χ0v) is 12.6. The highest BCUT2D eigenvalue weighted by atomic mass is 16.5. The van der Waals surface area contributed by atoms with Crippen LogP contribution in [-0.2, 0) is 4.74 Å². The average Bonchev–Trinajstić information content (AvgIpc) is 2.29. The molecule has 0 radical (unpaired) electrons. The molecule has 1 rings (SSSR count). The van der Waals surface area contributed by atoms with Gasteiger partial charge in [0.25, 0.3) is 0 Å². The van der Waals surface area contributed by atoms with Crippen LogP contribution < -0.4 is 5.32 Å². The number of nitrogens with one attached hydrogen (secondary N) is 1. The minimum atomic E-state index is -0.185. The molecule has 0 aromatic rings. The lowest BCUT2D eigenvalue weighted by Crippen LogP contribution is -2.53. The number of hydrogen-bond donors (Lipinski definition) is 2. The Morgan fingerprint density at radius 1 is 1.44 bits per heavy atom. The van der Waals surface area contributed by atoms with Gasteiger partial charge in [0.2, 0.25) is 0 Å². The maximum absolute atomic E-state index is 9.58. The number of hydrogen-bond acceptors (Lipinski definition) is 4. The van der Waals surface area contributed by atoms with Gasteiger partial charge in [0.1, 0.15) is 0 Å². The molecule has 3 unspecified atom stereocenters. The van der Waals surface area contributed by atoms with Crippen molar-refractivity contribution in [1.29, 1.82) is 0 Å². The Kier molecular flexibility index (Phi) is 6.05. The van der Waals surface area contributed by atoms with Gasteiger partial charge in [-0.3, -0.25) is 4.90 Å². The quantitative estimate of drug-likeness (QED) is 0.752. The van der Waals surface area contributed by atoms with Crippen molar-refractivity contribution in [2.24, 2.45) is 0 Å². The van der Waals surface area contributed by atoms with Crippen LogP contribution in [0.25, 0.3) is 0 Å². The summed E-state index contributed by atoms with van der Waals surface area (Å²) in [4.78, 5) is 2.46. The molecule has 0 aromatic heterocycles. The summed E-state index contributed by atoms with van der Waals surface area (Å²) < 4.78 is 5.64. The fourth-order valence-electron chi connectivity index (χ4n) is 2.57. The van der Waals surface area contributed by atoms with Crippen molar-refractivity contribution in [3.05, 3.63) is 0 Å². The van der Waals surface area contributed by atoms with Gasteiger partial charge in [-0.05, 0) is 27.2 Å². The molecule has 0 saturated carbocycles. The van der Waals surface area contributed by atoms with Crippen LogP contribution in [0.3, 0.4) is 0 Å². The van der Waals surface area contributed by atoms with E-state index in [2.05, 4.69) is 44.8 Å². The zero-order chi connectivity index (χ0) is 13.8. The lowest BCUT2D eigenvalue weighted by Gasteiger charge is -2.39. The molecule has 4 nitrogen and oxygen atoms in total. The van der Waals surface area contributed by atoms with E-state index >= 15 is 0 Å². The van der Waals surface area contributed by atoms with Crippen molar-refractivity contribution < 1.29 is 9.84 Å². The molecule has 1 fully saturated rings. The van der Waals surface area contributed by atoms with Crippen LogP contribution >= 0.6 is 0 Å². The lowest BCUT2D eigenvalue weighted by atomic mass is 9.97. The molecule has 1 aliphatic heterocycles. The Bertz CT molecular complexity index is 248. The van der Waals surface area contributed by atoms with E-state index in [1.54, 1.807) is 0 Å². The van der Waals surface area contributed by atoms with Crippen LogP contribution in [0.2, 0.25) is 0 Å². The van der Waals surface area contributed by atoms with Crippen LogP contribution in [-0.4, -0.2) is 60.0 Å². The summed E-state index contributed by atoms with van der Waals surface area (Å²) in [5.74, 6) is 0. The standard InChI is InChI=1S/C14H30N2O2/c1-11(2)15-14(5,10-17)6-7-16-8-13(4)18-9-12(16)3/h11-13,15,17H,6-10H2,1-5H3. The molecule has 0 aromatic carbocycles. The van der Waals surface area contributed by atoms with E-state index in [4.69, 9.17) is 4.74 Å². The van der Waals surface area contributed by atoms with Crippen molar-refractivity contribution in [1.82, 2.24) is 10.2 Å². The molecule has 4 heteroatoms. The van der Waals surface area contributed by atoms with E-state index in [1.165, 1.54) is 0 Å². The Morgan fingerprint density at radius 3 is 2.67 bits per heavy atom. The van der Waals surface area contributed by atoms with Gasteiger partial charge in [-0.2, -0.15) is 0 Å². The summed E-state index contributed by atoms with van der Waals surface area (Å²) >= 11 is 0. The molecule has 1 saturated heterocycles. The van der Waals surface area contributed by atoms with Gasteiger partial charge in [0.05, 0.1) is 19.3 Å². The summed E-state index contributed by atoms with van der Waals surface area (Å²) in [7, 11) is 0. The van der Waals surface area contributed by atoms with Gasteiger partial charge in [-0.15, -0.1) is 0 Å². The van der Waals surface area contributed by atoms with Crippen LogP contribution in [0.5, 0.6) is 0 Å². The third-order valence-electron chi connectivity index (χ3n) is 3.67. The van der Waals surface area contributed by atoms with Crippen molar-refractivity contribution in [3.8, 4) is 0 Å². The molecule has 108 valence electrons. The van der Waals surface area contributed by atoms with Crippen LogP contribution in [0.4, 0.5) is 0 Å². The Morgan fingerprint density at radius 2 is 2.11 bits per heavy atom. The zero-order valence-electron chi connectivity index (χ0n) is 12.6. The van der Waals surface area contributed by atoms with Gasteiger partial charge < -0.3 is 15.2 Å². The second-order valence-corrected chi connectivity index (χ2v) is 6.26. The predicted octanol–water partition coefficient (Wildman–Crippen LogP) is 1.23. The molecule has 18 heavy (non-hydrogen) atoms. The minimum Gasteiger partial charge on any atom is -0.394 e. The van der Waals surface area contributed by atoms with Crippen molar-refractivity contribution in [3.63, 3.8) is 0 Å². The number of morpholine rings is 1. The topological polar surface area (TPSA) is 44.7 Å². The molecule has 0 bridgehead atoms. The van der Waals surface area contributed by atoms with Crippen LogP contribution in [0, 0.1) is 0 Å². The summed E-state index contributed by atoms with van der Waals surface area (Å²) in [6.45, 7) is 13.7. The number of rotatable bonds is 6. The first-order valence-electron chi connectivity index (χ1n) is 7.10. The molecular formula is C14H30N2O2. The lowest BCUT2D eigenvalue weighted by molar-refractivity contribution is -0.0524. The van der Waals surface area contributed by atoms with Crippen molar-refractivity contribution in [2.45, 2.75) is 64.8 Å². The van der Waals surface area contributed by atoms with E-state index in [-0.39, 0.29) is 12.1 Å². The first-order valence-corrected chi connectivity index (χ1v) is 7.10. The number of nitrogens with zero attached hydrogens (tertiary/aromatic N) is 1. The molecule has 1 heterocycles. The third-order valence-corrected chi connectivity index (χ3v) is 3.67. The monoisotopic (exact) mass is 258 g/mol. The van der Waals surface area contributed by atoms with E-state index in [1.807, 2.05) is 0 Å². The molecule has 1 aliphatic rings. The Hall–Kier alpha value is -0.160. The van der Waals surface area contributed by atoms with E-state index in [9.17, 15) is 5.11 Å². The van der Waals surface area contributed by atoms with Crippen molar-refractivity contribution in [2.75, 3.05) is 26.3 Å². The van der Waals surface area contributed by atoms with Gasteiger partial charge in [-0.25, -0.2) is 0 Å². The number of ether oxygens (including phenoxy) is 1. The maximum atomic E-state index is 9.58. The van der Waals surface area contributed by atoms with Gasteiger partial charge >= 0.3 is 0 Å². The molecular weight excluding hydrogens is 228 g/mol. The summed E-state index contributed by atoms with van der Waals surface area (Å²) in [5.41, 5.74) is -0.185. The summed E-state index contributed by atoms with van der Waals surface area (Å²) in [5, 5.41) is 13.0. The molecule has 3 atom stereocenters. The van der Waals surface area contributed by atoms with E-state index < -0.39 is 0 Å².